The van der Waals surface area contributed by atoms with E-state index < -0.39 is 0 Å². The van der Waals surface area contributed by atoms with Crippen molar-refractivity contribution in [1.29, 1.82) is 0 Å². The van der Waals surface area contributed by atoms with E-state index in [2.05, 4.69) is 22.6 Å². The van der Waals surface area contributed by atoms with Crippen LogP contribution in [0.5, 0.6) is 0 Å². The molecule has 4 nitrogen and oxygen atoms in total. The Hall–Kier alpha value is 0.0900. The molecular weight excluding hydrogens is 273 g/mol. The largest absolute Gasteiger partial charge is 0.364 e. The van der Waals surface area contributed by atoms with Crippen LogP contribution in [-0.4, -0.2) is 27.6 Å². The summed E-state index contributed by atoms with van der Waals surface area (Å²) in [4.78, 5) is 9.88. The smallest absolute Gasteiger partial charge is 0.229 e. The predicted molar refractivity (Wildman–Crippen MR) is 53.3 cm³/mol. The van der Waals surface area contributed by atoms with Crippen molar-refractivity contribution in [3.63, 3.8) is 0 Å². The molecule has 1 heterocycles. The maximum absolute atomic E-state index is 10.2. The number of nitrogens with zero attached hydrogens (tertiary/aromatic N) is 1. The number of alkyl halides is 1. The van der Waals surface area contributed by atoms with Gasteiger partial charge in [-0.2, -0.15) is 0 Å². The highest BCUT2D eigenvalue weighted by Crippen LogP contribution is 2.31. The predicted octanol–water partition coefficient (Wildman–Crippen LogP) is 1.64. The Bertz CT molecular complexity index is 187. The van der Waals surface area contributed by atoms with Crippen LogP contribution in [0.3, 0.4) is 0 Å². The van der Waals surface area contributed by atoms with E-state index in [1.807, 2.05) is 6.92 Å². The molecule has 2 unspecified atom stereocenters. The lowest BCUT2D eigenvalue weighted by Crippen LogP contribution is -2.29. The van der Waals surface area contributed by atoms with Gasteiger partial charge in [-0.1, -0.05) is 22.6 Å². The molecule has 70 valence electrons. The minimum atomic E-state index is -0.302. The molecule has 0 aromatic carbocycles. The fourth-order valence-corrected chi connectivity index (χ4v) is 1.94. The van der Waals surface area contributed by atoms with Crippen LogP contribution in [0.15, 0.2) is 0 Å². The van der Waals surface area contributed by atoms with Crippen LogP contribution >= 0.6 is 22.6 Å². The SMILES string of the molecule is CC1(CI)CCC(C[N+](=O)[O-])O1. The molecule has 1 saturated heterocycles. The van der Waals surface area contributed by atoms with Crippen LogP contribution < -0.4 is 0 Å². The van der Waals surface area contributed by atoms with Crippen LogP contribution in [0.25, 0.3) is 0 Å². The zero-order valence-electron chi connectivity index (χ0n) is 6.96. The van der Waals surface area contributed by atoms with E-state index in [1.54, 1.807) is 0 Å². The van der Waals surface area contributed by atoms with Gasteiger partial charge < -0.3 is 4.74 Å². The van der Waals surface area contributed by atoms with Gasteiger partial charge >= 0.3 is 0 Å². The average Bonchev–Trinajstić information content (AvgIpc) is 2.32. The highest BCUT2D eigenvalue weighted by atomic mass is 127. The Labute approximate surface area is 85.0 Å². The van der Waals surface area contributed by atoms with E-state index in [1.165, 1.54) is 0 Å². The number of hydrogen-bond donors (Lipinski definition) is 0. The molecule has 0 aromatic rings. The fraction of sp³-hybridized carbons (Fsp3) is 1.00. The lowest BCUT2D eigenvalue weighted by Gasteiger charge is -2.20. The van der Waals surface area contributed by atoms with Gasteiger partial charge in [0.15, 0.2) is 0 Å². The maximum atomic E-state index is 10.2. The summed E-state index contributed by atoms with van der Waals surface area (Å²) in [6.07, 6.45) is 1.59. The maximum Gasteiger partial charge on any atom is 0.229 e. The molecule has 0 bridgehead atoms. The van der Waals surface area contributed by atoms with Gasteiger partial charge in [-0.15, -0.1) is 0 Å². The molecule has 0 aliphatic carbocycles. The lowest BCUT2D eigenvalue weighted by atomic mass is 10.1. The van der Waals surface area contributed by atoms with Crippen LogP contribution in [0.2, 0.25) is 0 Å². The molecule has 0 radical (unpaired) electrons. The summed E-state index contributed by atoms with van der Waals surface area (Å²) in [6.45, 7) is 1.96. The van der Waals surface area contributed by atoms with Crippen molar-refractivity contribution in [3.8, 4) is 0 Å². The van der Waals surface area contributed by atoms with Gasteiger partial charge in [0.1, 0.15) is 6.10 Å². The van der Waals surface area contributed by atoms with Gasteiger partial charge in [-0.25, -0.2) is 0 Å². The zero-order chi connectivity index (χ0) is 9.19. The van der Waals surface area contributed by atoms with Crippen LogP contribution in [0.1, 0.15) is 19.8 Å². The minimum Gasteiger partial charge on any atom is -0.364 e. The Balaban J connectivity index is 2.40. The normalized spacial score (nSPS) is 35.3. The first-order valence-electron chi connectivity index (χ1n) is 3.91. The van der Waals surface area contributed by atoms with Crippen molar-refractivity contribution in [2.75, 3.05) is 11.0 Å². The summed E-state index contributed by atoms with van der Waals surface area (Å²) in [7, 11) is 0. The number of ether oxygens (including phenoxy) is 1. The van der Waals surface area contributed by atoms with E-state index in [0.717, 1.165) is 17.3 Å². The number of nitro groups is 1. The molecule has 1 fully saturated rings. The summed E-state index contributed by atoms with van der Waals surface area (Å²) < 4.78 is 6.46. The molecule has 0 aromatic heterocycles. The number of rotatable bonds is 3. The van der Waals surface area contributed by atoms with Gasteiger partial charge in [0, 0.05) is 9.35 Å². The fourth-order valence-electron chi connectivity index (χ4n) is 1.38. The Kier molecular flexibility index (Phi) is 3.28. The third-order valence-corrected chi connectivity index (χ3v) is 3.70. The molecule has 1 rings (SSSR count). The second kappa shape index (κ2) is 3.87. The average molecular weight is 285 g/mol. The number of hydrogen-bond acceptors (Lipinski definition) is 3. The zero-order valence-corrected chi connectivity index (χ0v) is 9.11. The molecule has 0 N–H and O–H groups in total. The molecule has 1 aliphatic rings. The molecule has 2 atom stereocenters. The van der Waals surface area contributed by atoms with Gasteiger partial charge in [-0.05, 0) is 19.8 Å². The second-order valence-electron chi connectivity index (χ2n) is 3.38. The summed E-state index contributed by atoms with van der Waals surface area (Å²) in [6, 6.07) is 0. The summed E-state index contributed by atoms with van der Waals surface area (Å²) in [5, 5.41) is 10.2. The quantitative estimate of drug-likeness (QED) is 0.343. The van der Waals surface area contributed by atoms with Gasteiger partial charge in [0.2, 0.25) is 6.54 Å². The van der Waals surface area contributed by atoms with Gasteiger partial charge in [0.05, 0.1) is 5.60 Å². The summed E-state index contributed by atoms with van der Waals surface area (Å²) in [5.74, 6) is 0. The van der Waals surface area contributed by atoms with Crippen molar-refractivity contribution in [1.82, 2.24) is 0 Å². The first kappa shape index (κ1) is 10.2. The minimum absolute atomic E-state index is 0.0494. The summed E-state index contributed by atoms with van der Waals surface area (Å²) >= 11 is 2.26. The monoisotopic (exact) mass is 285 g/mol. The molecule has 0 amide bonds. The van der Waals surface area contributed by atoms with Gasteiger partial charge in [-0.3, -0.25) is 10.1 Å². The van der Waals surface area contributed by atoms with E-state index in [4.69, 9.17) is 4.74 Å². The number of halogens is 1. The third-order valence-electron chi connectivity index (χ3n) is 2.08. The first-order chi connectivity index (χ1) is 5.56. The highest BCUT2D eigenvalue weighted by Gasteiger charge is 2.37. The van der Waals surface area contributed by atoms with Crippen LogP contribution in [0, 0.1) is 10.1 Å². The molecule has 1 aliphatic heterocycles. The topological polar surface area (TPSA) is 52.4 Å². The standard InChI is InChI=1S/C7H12INO3/c1-7(5-8)3-2-6(12-7)4-9(10)11/h6H,2-5H2,1H3. The van der Waals surface area contributed by atoms with Gasteiger partial charge in [0.25, 0.3) is 0 Å². The molecule has 0 spiro atoms. The van der Waals surface area contributed by atoms with Crippen molar-refractivity contribution in [2.45, 2.75) is 31.5 Å². The van der Waals surface area contributed by atoms with Crippen molar-refractivity contribution in [3.05, 3.63) is 10.1 Å². The molecular formula is C7H12INO3. The van der Waals surface area contributed by atoms with Crippen molar-refractivity contribution < 1.29 is 9.66 Å². The van der Waals surface area contributed by atoms with E-state index >= 15 is 0 Å². The molecule has 0 saturated carbocycles. The van der Waals surface area contributed by atoms with Crippen molar-refractivity contribution >= 4 is 22.6 Å². The van der Waals surface area contributed by atoms with Crippen LogP contribution in [-0.2, 0) is 4.74 Å². The Morgan fingerprint density at radius 3 is 2.92 bits per heavy atom. The summed E-state index contributed by atoms with van der Waals surface area (Å²) in [5.41, 5.74) is -0.124. The molecule has 12 heavy (non-hydrogen) atoms. The second-order valence-corrected chi connectivity index (χ2v) is 4.14. The lowest BCUT2D eigenvalue weighted by molar-refractivity contribution is -0.491. The third kappa shape index (κ3) is 2.55. The Morgan fingerprint density at radius 1 is 1.83 bits per heavy atom. The van der Waals surface area contributed by atoms with Crippen LogP contribution in [0.4, 0.5) is 0 Å². The van der Waals surface area contributed by atoms with E-state index in [0.29, 0.717) is 0 Å². The Morgan fingerprint density at radius 2 is 2.50 bits per heavy atom. The van der Waals surface area contributed by atoms with E-state index in [9.17, 15) is 10.1 Å². The first-order valence-corrected chi connectivity index (χ1v) is 5.44. The molecule has 5 heteroatoms. The van der Waals surface area contributed by atoms with Crippen molar-refractivity contribution in [2.24, 2.45) is 0 Å². The highest BCUT2D eigenvalue weighted by molar-refractivity contribution is 14.1. The van der Waals surface area contributed by atoms with E-state index in [-0.39, 0.29) is 23.2 Å².